The zero-order valence-electron chi connectivity index (χ0n) is 11.4. The van der Waals surface area contributed by atoms with E-state index < -0.39 is 12.1 Å². The van der Waals surface area contributed by atoms with Crippen molar-refractivity contribution >= 4 is 22.9 Å². The van der Waals surface area contributed by atoms with Gasteiger partial charge in [-0.25, -0.2) is 9.18 Å². The van der Waals surface area contributed by atoms with Gasteiger partial charge >= 0.3 is 6.09 Å². The molecule has 2 amide bonds. The maximum absolute atomic E-state index is 13.1. The van der Waals surface area contributed by atoms with E-state index in [1.807, 2.05) is 0 Å². The summed E-state index contributed by atoms with van der Waals surface area (Å²) >= 11 is 0. The third-order valence-corrected chi connectivity index (χ3v) is 3.39. The molecule has 110 valence electrons. The zero-order valence-corrected chi connectivity index (χ0v) is 11.4. The standard InChI is InChI=1S/C14H14FN3O3/c1-18(13(19)12-7-21-14(20)17-12)6-10-5-8-4-9(15)2-3-11(8)16-10/h2-5,12,16H,6-7H2,1H3,(H,17,20). The first-order valence-corrected chi connectivity index (χ1v) is 6.48. The Morgan fingerprint density at radius 2 is 2.29 bits per heavy atom. The van der Waals surface area contributed by atoms with Crippen molar-refractivity contribution in [3.8, 4) is 0 Å². The molecule has 2 heterocycles. The van der Waals surface area contributed by atoms with Crippen molar-refractivity contribution in [1.82, 2.24) is 15.2 Å². The van der Waals surface area contributed by atoms with Gasteiger partial charge in [0.25, 0.3) is 0 Å². The number of alkyl carbamates (subject to hydrolysis) is 1. The van der Waals surface area contributed by atoms with E-state index in [9.17, 15) is 14.0 Å². The Morgan fingerprint density at radius 1 is 1.48 bits per heavy atom. The van der Waals surface area contributed by atoms with Gasteiger partial charge in [-0.2, -0.15) is 0 Å². The van der Waals surface area contributed by atoms with Crippen molar-refractivity contribution in [2.75, 3.05) is 13.7 Å². The van der Waals surface area contributed by atoms with Crippen LogP contribution in [0.15, 0.2) is 24.3 Å². The van der Waals surface area contributed by atoms with E-state index >= 15 is 0 Å². The highest BCUT2D eigenvalue weighted by molar-refractivity contribution is 5.88. The number of hydrogen-bond donors (Lipinski definition) is 2. The maximum Gasteiger partial charge on any atom is 0.407 e. The first-order chi connectivity index (χ1) is 10.0. The number of aromatic nitrogens is 1. The first kappa shape index (κ1) is 13.4. The number of H-pyrrole nitrogens is 1. The van der Waals surface area contributed by atoms with E-state index in [1.165, 1.54) is 17.0 Å². The number of nitrogens with zero attached hydrogens (tertiary/aromatic N) is 1. The van der Waals surface area contributed by atoms with E-state index in [2.05, 4.69) is 10.3 Å². The lowest BCUT2D eigenvalue weighted by Gasteiger charge is -2.19. The molecular weight excluding hydrogens is 277 g/mol. The molecule has 6 nitrogen and oxygen atoms in total. The molecule has 0 aliphatic carbocycles. The van der Waals surface area contributed by atoms with Gasteiger partial charge < -0.3 is 19.9 Å². The summed E-state index contributed by atoms with van der Waals surface area (Å²) in [5.74, 6) is -0.533. The number of ether oxygens (including phenoxy) is 1. The van der Waals surface area contributed by atoms with Crippen LogP contribution in [0.5, 0.6) is 0 Å². The van der Waals surface area contributed by atoms with Gasteiger partial charge in [0.15, 0.2) is 0 Å². The minimum Gasteiger partial charge on any atom is -0.447 e. The van der Waals surface area contributed by atoms with Gasteiger partial charge in [-0.1, -0.05) is 0 Å². The summed E-state index contributed by atoms with van der Waals surface area (Å²) in [6.07, 6.45) is -0.581. The topological polar surface area (TPSA) is 74.4 Å². The number of aromatic amines is 1. The summed E-state index contributed by atoms with van der Waals surface area (Å²) in [7, 11) is 1.64. The number of cyclic esters (lactones) is 1. The van der Waals surface area contributed by atoms with E-state index in [0.717, 1.165) is 16.6 Å². The van der Waals surface area contributed by atoms with Crippen LogP contribution in [0.4, 0.5) is 9.18 Å². The molecule has 1 aliphatic heterocycles. The highest BCUT2D eigenvalue weighted by atomic mass is 19.1. The number of fused-ring (bicyclic) bond motifs is 1. The molecule has 2 aromatic rings. The molecule has 0 radical (unpaired) electrons. The Balaban J connectivity index is 1.72. The zero-order chi connectivity index (χ0) is 15.0. The Kier molecular flexibility index (Phi) is 3.25. The second-order valence-electron chi connectivity index (χ2n) is 5.02. The van der Waals surface area contributed by atoms with Crippen LogP contribution < -0.4 is 5.32 Å². The van der Waals surface area contributed by atoms with Crippen LogP contribution in [-0.2, 0) is 16.1 Å². The number of hydrogen-bond acceptors (Lipinski definition) is 3. The SMILES string of the molecule is CN(Cc1cc2cc(F)ccc2[nH]1)C(=O)C1COC(=O)N1. The van der Waals surface area contributed by atoms with Crippen molar-refractivity contribution in [3.05, 3.63) is 35.8 Å². The number of rotatable bonds is 3. The Morgan fingerprint density at radius 3 is 3.00 bits per heavy atom. The van der Waals surface area contributed by atoms with Gasteiger partial charge in [-0.15, -0.1) is 0 Å². The van der Waals surface area contributed by atoms with Gasteiger partial charge in [0.2, 0.25) is 5.91 Å². The average Bonchev–Trinajstić information content (AvgIpc) is 3.03. The molecule has 1 unspecified atom stereocenters. The van der Waals surface area contributed by atoms with Gasteiger partial charge in [0, 0.05) is 23.6 Å². The molecule has 1 saturated heterocycles. The Bertz CT molecular complexity index is 713. The number of benzene rings is 1. The lowest BCUT2D eigenvalue weighted by molar-refractivity contribution is -0.132. The fourth-order valence-electron chi connectivity index (χ4n) is 2.37. The number of likely N-dealkylation sites (N-methyl/N-ethyl adjacent to an activating group) is 1. The molecule has 0 bridgehead atoms. The third-order valence-electron chi connectivity index (χ3n) is 3.39. The largest absolute Gasteiger partial charge is 0.447 e. The number of carbonyl (C=O) groups is 2. The molecular formula is C14H14FN3O3. The summed E-state index contributed by atoms with van der Waals surface area (Å²) in [5.41, 5.74) is 1.60. The molecule has 3 rings (SSSR count). The molecule has 1 atom stereocenters. The second kappa shape index (κ2) is 5.08. The lowest BCUT2D eigenvalue weighted by atomic mass is 10.2. The van der Waals surface area contributed by atoms with Gasteiger partial charge in [-0.05, 0) is 24.3 Å². The fraction of sp³-hybridized carbons (Fsp3) is 0.286. The molecule has 1 fully saturated rings. The molecule has 1 aromatic carbocycles. The van der Waals surface area contributed by atoms with Crippen LogP contribution in [0.25, 0.3) is 10.9 Å². The van der Waals surface area contributed by atoms with Crippen LogP contribution in [-0.4, -0.2) is 41.6 Å². The average molecular weight is 291 g/mol. The molecule has 2 N–H and O–H groups in total. The third kappa shape index (κ3) is 2.67. The van der Waals surface area contributed by atoms with E-state index in [4.69, 9.17) is 4.74 Å². The molecule has 0 spiro atoms. The van der Waals surface area contributed by atoms with Crippen molar-refractivity contribution in [2.24, 2.45) is 0 Å². The Hall–Kier alpha value is -2.57. The van der Waals surface area contributed by atoms with Crippen molar-refractivity contribution < 1.29 is 18.7 Å². The molecule has 7 heteroatoms. The highest BCUT2D eigenvalue weighted by Crippen LogP contribution is 2.17. The van der Waals surface area contributed by atoms with Crippen molar-refractivity contribution in [1.29, 1.82) is 0 Å². The minimum absolute atomic E-state index is 0.0416. The molecule has 1 aromatic heterocycles. The van der Waals surface area contributed by atoms with E-state index in [1.54, 1.807) is 19.2 Å². The van der Waals surface area contributed by atoms with Crippen LogP contribution in [0.3, 0.4) is 0 Å². The van der Waals surface area contributed by atoms with Gasteiger partial charge in [0.05, 0.1) is 6.54 Å². The van der Waals surface area contributed by atoms with Crippen LogP contribution in [0.1, 0.15) is 5.69 Å². The number of amides is 2. The molecule has 21 heavy (non-hydrogen) atoms. The van der Waals surface area contributed by atoms with Gasteiger partial charge in [0.1, 0.15) is 18.5 Å². The van der Waals surface area contributed by atoms with Crippen molar-refractivity contribution in [3.63, 3.8) is 0 Å². The summed E-state index contributed by atoms with van der Waals surface area (Å²) in [6.45, 7) is 0.376. The summed E-state index contributed by atoms with van der Waals surface area (Å²) in [5, 5.41) is 3.20. The predicted octanol–water partition coefficient (Wildman–Crippen LogP) is 1.37. The van der Waals surface area contributed by atoms with E-state index in [-0.39, 0.29) is 18.3 Å². The maximum atomic E-state index is 13.1. The number of carbonyl (C=O) groups excluding carboxylic acids is 2. The first-order valence-electron chi connectivity index (χ1n) is 6.48. The van der Waals surface area contributed by atoms with Crippen LogP contribution in [0, 0.1) is 5.82 Å². The fourth-order valence-corrected chi connectivity index (χ4v) is 2.37. The quantitative estimate of drug-likeness (QED) is 0.897. The molecule has 1 aliphatic rings. The summed E-state index contributed by atoms with van der Waals surface area (Å²) in [4.78, 5) is 27.7. The second-order valence-corrected chi connectivity index (χ2v) is 5.02. The minimum atomic E-state index is -0.649. The predicted molar refractivity (Wildman–Crippen MR) is 73.0 cm³/mol. The smallest absolute Gasteiger partial charge is 0.407 e. The van der Waals surface area contributed by atoms with Crippen LogP contribution >= 0.6 is 0 Å². The summed E-state index contributed by atoms with van der Waals surface area (Å²) < 4.78 is 17.8. The monoisotopic (exact) mass is 291 g/mol. The highest BCUT2D eigenvalue weighted by Gasteiger charge is 2.31. The van der Waals surface area contributed by atoms with Crippen LogP contribution in [0.2, 0.25) is 0 Å². The Labute approximate surface area is 119 Å². The van der Waals surface area contributed by atoms with Gasteiger partial charge in [-0.3, -0.25) is 4.79 Å². The number of halogens is 1. The summed E-state index contributed by atoms with van der Waals surface area (Å²) in [6, 6.07) is 5.61. The normalized spacial score (nSPS) is 17.6. The molecule has 0 saturated carbocycles. The lowest BCUT2D eigenvalue weighted by Crippen LogP contribution is -2.43. The van der Waals surface area contributed by atoms with E-state index in [0.29, 0.717) is 6.54 Å². The number of nitrogens with one attached hydrogen (secondary N) is 2. The van der Waals surface area contributed by atoms with Crippen molar-refractivity contribution in [2.45, 2.75) is 12.6 Å².